The van der Waals surface area contributed by atoms with Crippen LogP contribution in [0.15, 0.2) is 40.1 Å². The van der Waals surface area contributed by atoms with Gasteiger partial charge in [0, 0.05) is 24.2 Å². The number of sulfonamides is 1. The van der Waals surface area contributed by atoms with Gasteiger partial charge in [0.05, 0.1) is 27.7 Å². The lowest BCUT2D eigenvalue weighted by Crippen LogP contribution is -2.40. The van der Waals surface area contributed by atoms with Crippen LogP contribution in [-0.2, 0) is 24.7 Å². The Labute approximate surface area is 225 Å². The summed E-state index contributed by atoms with van der Waals surface area (Å²) in [5.74, 6) is -2.68. The molecule has 12 N–H and O–H groups in total. The van der Waals surface area contributed by atoms with Crippen LogP contribution in [0.1, 0.15) is 23.6 Å². The molecule has 0 bridgehead atoms. The lowest BCUT2D eigenvalue weighted by atomic mass is 9.96. The van der Waals surface area contributed by atoms with Crippen molar-refractivity contribution >= 4 is 36.8 Å². The van der Waals surface area contributed by atoms with Gasteiger partial charge in [0.25, 0.3) is 0 Å². The number of fused-ring (bicyclic) bond motifs is 1. The Hall–Kier alpha value is -3.21. The third-order valence-corrected chi connectivity index (χ3v) is 8.78. The maximum absolute atomic E-state index is 13.0. The molecule has 1 aliphatic heterocycles. The number of nitrogens with zero attached hydrogens (tertiary/aromatic N) is 1. The molecular formula is C20H25F3N10O5S2. The second-order valence-corrected chi connectivity index (χ2v) is 12.2. The molecule has 0 aliphatic carbocycles. The van der Waals surface area contributed by atoms with Crippen molar-refractivity contribution in [3.63, 3.8) is 0 Å². The topological polar surface area (TPSA) is 252 Å². The highest BCUT2D eigenvalue weighted by Crippen LogP contribution is 2.39. The summed E-state index contributed by atoms with van der Waals surface area (Å²) < 4.78 is 89.3. The van der Waals surface area contributed by atoms with Crippen LogP contribution in [0.2, 0.25) is 0 Å². The SMILES string of the molecule is NCCS(=O)(=O)c1ccc(-c2cccc3[nH]c([C@H](N)CNC(=O)C(F)(F)F)nc23)c(C2NNNN2)c1S(N)(=O)=O. The summed E-state index contributed by atoms with van der Waals surface area (Å²) in [5, 5.41) is 7.22. The third-order valence-electron chi connectivity index (χ3n) is 5.86. The first-order chi connectivity index (χ1) is 18.6. The summed E-state index contributed by atoms with van der Waals surface area (Å²) >= 11 is 0. The van der Waals surface area contributed by atoms with Crippen molar-refractivity contribution in [3.8, 4) is 11.1 Å². The fourth-order valence-corrected chi connectivity index (χ4v) is 6.96. The molecule has 20 heteroatoms. The number of rotatable bonds is 9. The zero-order valence-corrected chi connectivity index (χ0v) is 22.0. The number of hydrazine groups is 3. The van der Waals surface area contributed by atoms with Gasteiger partial charge in [-0.25, -0.2) is 37.8 Å². The van der Waals surface area contributed by atoms with Gasteiger partial charge in [0.15, 0.2) is 9.84 Å². The lowest BCUT2D eigenvalue weighted by molar-refractivity contribution is -0.173. The molecule has 1 amide bonds. The molecule has 0 spiro atoms. The van der Waals surface area contributed by atoms with Crippen LogP contribution in [-0.4, -0.2) is 57.7 Å². The number of imidazole rings is 1. The van der Waals surface area contributed by atoms with Gasteiger partial charge in [0.2, 0.25) is 10.0 Å². The first kappa shape index (κ1) is 29.8. The highest BCUT2D eigenvalue weighted by Gasteiger charge is 2.39. The van der Waals surface area contributed by atoms with Crippen molar-refractivity contribution in [2.24, 2.45) is 16.6 Å². The van der Waals surface area contributed by atoms with E-state index in [1.165, 1.54) is 6.07 Å². The lowest BCUT2D eigenvalue weighted by Gasteiger charge is -2.21. The number of primary sulfonamides is 1. The second-order valence-electron chi connectivity index (χ2n) is 8.62. The molecule has 1 atom stereocenters. The molecule has 1 fully saturated rings. The largest absolute Gasteiger partial charge is 0.471 e. The monoisotopic (exact) mass is 606 g/mol. The normalized spacial score (nSPS) is 15.9. The number of hydrogen-bond donors (Lipinski definition) is 9. The maximum atomic E-state index is 13.0. The standard InChI is InChI=1S/C20H25F3N10O5S2/c21-20(22,23)19(34)27-8-11(25)17-28-12-3-1-2-10(15(12)29-17)9-4-5-13(39(35,36)7-6-24)16(40(26,37)38)14(9)18-30-32-33-31-18/h1-5,11,18,30-33H,6-8,24-25H2,(H,27,34)(H,28,29)(H2,26,37,38)/t11-/m1/s1. The molecule has 0 radical (unpaired) electrons. The van der Waals surface area contributed by atoms with E-state index in [-0.39, 0.29) is 29.0 Å². The van der Waals surface area contributed by atoms with Crippen molar-refractivity contribution in [2.45, 2.75) is 28.2 Å². The number of aromatic nitrogens is 2. The van der Waals surface area contributed by atoms with Crippen molar-refractivity contribution < 1.29 is 34.8 Å². The molecule has 2 heterocycles. The van der Waals surface area contributed by atoms with Crippen LogP contribution in [0.3, 0.4) is 0 Å². The van der Waals surface area contributed by atoms with Gasteiger partial charge in [-0.3, -0.25) is 4.79 Å². The van der Waals surface area contributed by atoms with Gasteiger partial charge in [-0.15, -0.1) is 0 Å². The van der Waals surface area contributed by atoms with Gasteiger partial charge in [-0.1, -0.05) is 18.2 Å². The van der Waals surface area contributed by atoms with Crippen LogP contribution in [0, 0.1) is 0 Å². The predicted octanol–water partition coefficient (Wildman–Crippen LogP) is -1.60. The number of benzene rings is 2. The van der Waals surface area contributed by atoms with Crippen molar-refractivity contribution in [1.29, 1.82) is 0 Å². The smallest absolute Gasteiger partial charge is 0.346 e. The summed E-state index contributed by atoms with van der Waals surface area (Å²) in [7, 11) is -8.84. The average Bonchev–Trinajstić information content (AvgIpc) is 3.55. The first-order valence-electron chi connectivity index (χ1n) is 11.4. The highest BCUT2D eigenvalue weighted by atomic mass is 32.2. The van der Waals surface area contributed by atoms with E-state index >= 15 is 0 Å². The molecule has 0 saturated carbocycles. The van der Waals surface area contributed by atoms with E-state index < -0.39 is 66.2 Å². The summed E-state index contributed by atoms with van der Waals surface area (Å²) in [6.07, 6.45) is -6.11. The zero-order chi connectivity index (χ0) is 29.5. The average molecular weight is 607 g/mol. The zero-order valence-electron chi connectivity index (χ0n) is 20.3. The molecule has 3 aromatic rings. The molecule has 40 heavy (non-hydrogen) atoms. The number of aromatic amines is 1. The molecule has 1 aliphatic rings. The summed E-state index contributed by atoms with van der Waals surface area (Å²) in [6.45, 7) is -0.860. The number of hydrogen-bond acceptors (Lipinski definition) is 12. The van der Waals surface area contributed by atoms with Crippen molar-refractivity contribution in [2.75, 3.05) is 18.8 Å². The van der Waals surface area contributed by atoms with E-state index in [2.05, 4.69) is 31.9 Å². The maximum Gasteiger partial charge on any atom is 0.471 e. The van der Waals surface area contributed by atoms with E-state index in [0.29, 0.717) is 11.1 Å². The molecule has 218 valence electrons. The highest BCUT2D eigenvalue weighted by molar-refractivity contribution is 7.93. The van der Waals surface area contributed by atoms with E-state index in [9.17, 15) is 34.8 Å². The number of amides is 1. The minimum atomic E-state index is -5.09. The number of nitrogens with one attached hydrogen (secondary N) is 6. The Bertz CT molecular complexity index is 1650. The molecule has 1 aromatic heterocycles. The first-order valence-corrected chi connectivity index (χ1v) is 14.6. The molecule has 2 aromatic carbocycles. The summed E-state index contributed by atoms with van der Waals surface area (Å²) in [6, 6.07) is 6.06. The Morgan fingerprint density at radius 2 is 1.75 bits per heavy atom. The van der Waals surface area contributed by atoms with E-state index in [0.717, 1.165) is 6.07 Å². The van der Waals surface area contributed by atoms with E-state index in [1.54, 1.807) is 23.5 Å². The number of halogens is 3. The second kappa shape index (κ2) is 11.0. The van der Waals surface area contributed by atoms with Gasteiger partial charge in [-0.2, -0.15) is 24.2 Å². The summed E-state index contributed by atoms with van der Waals surface area (Å²) in [4.78, 5) is 17.2. The molecule has 0 unspecified atom stereocenters. The Kier molecular flexibility index (Phi) is 8.18. The van der Waals surface area contributed by atoms with Gasteiger partial charge in [-0.05, 0) is 17.7 Å². The van der Waals surface area contributed by atoms with Crippen LogP contribution in [0.25, 0.3) is 22.2 Å². The van der Waals surface area contributed by atoms with Gasteiger partial charge < -0.3 is 21.8 Å². The number of para-hydroxylation sites is 1. The number of nitrogens with two attached hydrogens (primary N) is 3. The quantitative estimate of drug-likeness (QED) is 0.134. The fraction of sp³-hybridized carbons (Fsp3) is 0.300. The predicted molar refractivity (Wildman–Crippen MR) is 135 cm³/mol. The van der Waals surface area contributed by atoms with Crippen LogP contribution >= 0.6 is 0 Å². The number of carbonyl (C=O) groups is 1. The van der Waals surface area contributed by atoms with Crippen LogP contribution in [0.5, 0.6) is 0 Å². The Morgan fingerprint density at radius 1 is 1.07 bits per heavy atom. The third kappa shape index (κ3) is 5.94. The molecular weight excluding hydrogens is 581 g/mol. The summed E-state index contributed by atoms with van der Waals surface area (Å²) in [5.41, 5.74) is 23.0. The minimum absolute atomic E-state index is 0.0285. The number of sulfone groups is 1. The van der Waals surface area contributed by atoms with E-state index in [1.807, 2.05) is 0 Å². The van der Waals surface area contributed by atoms with Crippen molar-refractivity contribution in [3.05, 3.63) is 41.7 Å². The minimum Gasteiger partial charge on any atom is -0.346 e. The van der Waals surface area contributed by atoms with Crippen molar-refractivity contribution in [1.82, 2.24) is 37.2 Å². The molecule has 15 nitrogen and oxygen atoms in total. The fourth-order valence-electron chi connectivity index (χ4n) is 4.15. The number of H-pyrrole nitrogens is 1. The molecule has 1 saturated heterocycles. The number of carbonyl (C=O) groups excluding carboxylic acids is 1. The van der Waals surface area contributed by atoms with Gasteiger partial charge in [0.1, 0.15) is 16.9 Å². The Morgan fingerprint density at radius 3 is 2.35 bits per heavy atom. The Balaban J connectivity index is 1.89. The number of alkyl halides is 3. The van der Waals surface area contributed by atoms with Gasteiger partial charge >= 0.3 is 12.1 Å². The van der Waals surface area contributed by atoms with E-state index in [4.69, 9.17) is 16.6 Å². The van der Waals surface area contributed by atoms with Crippen LogP contribution in [0.4, 0.5) is 13.2 Å². The molecule has 4 rings (SSSR count). The van der Waals surface area contributed by atoms with Crippen LogP contribution < -0.4 is 43.8 Å².